The maximum atomic E-state index is 11.8. The second-order valence-corrected chi connectivity index (χ2v) is 4.68. The van der Waals surface area contributed by atoms with Gasteiger partial charge in [-0.25, -0.2) is 0 Å². The van der Waals surface area contributed by atoms with Crippen LogP contribution in [0.4, 0.5) is 0 Å². The summed E-state index contributed by atoms with van der Waals surface area (Å²) in [6.07, 6.45) is 0. The van der Waals surface area contributed by atoms with Crippen molar-refractivity contribution < 1.29 is 0 Å². The molecule has 0 saturated carbocycles. The highest BCUT2D eigenvalue weighted by atomic mass is 127. The largest absolute Gasteiger partial charge is 0.322 e. The topological polar surface area (TPSA) is 44.9 Å². The Morgan fingerprint density at radius 1 is 1.41 bits per heavy atom. The second-order valence-electron chi connectivity index (χ2n) is 3.62. The van der Waals surface area contributed by atoms with Crippen molar-refractivity contribution in [1.29, 1.82) is 0 Å². The number of rotatable bonds is 2. The number of hydrogen-bond donors (Lipinski definition) is 2. The van der Waals surface area contributed by atoms with Gasteiger partial charge >= 0.3 is 0 Å². The van der Waals surface area contributed by atoms with Gasteiger partial charge in [0.25, 0.3) is 5.56 Å². The molecule has 3 nitrogen and oxygen atoms in total. The Hall–Kier alpha value is -0.300. The summed E-state index contributed by atoms with van der Waals surface area (Å²) in [6, 6.07) is 7.30. The lowest BCUT2D eigenvalue weighted by Gasteiger charge is -2.09. The number of fused-ring (bicyclic) bond motifs is 1. The summed E-state index contributed by atoms with van der Waals surface area (Å²) in [7, 11) is 0. The van der Waals surface area contributed by atoms with Crippen LogP contribution in [0, 0.1) is 0 Å². The summed E-state index contributed by atoms with van der Waals surface area (Å²) in [6.45, 7) is 1.94. The molecule has 1 aromatic heterocycles. The fraction of sp³-hybridized carbons (Fsp3) is 0.182. The Morgan fingerprint density at radius 3 is 2.76 bits per heavy atom. The Morgan fingerprint density at radius 2 is 2.12 bits per heavy atom. The van der Waals surface area contributed by atoms with E-state index in [-0.39, 0.29) is 24.0 Å². The molecular weight excluding hydrogens is 374 g/mol. The van der Waals surface area contributed by atoms with E-state index < -0.39 is 0 Å². The van der Waals surface area contributed by atoms with Crippen molar-refractivity contribution in [2.24, 2.45) is 0 Å². The van der Waals surface area contributed by atoms with E-state index in [2.05, 4.69) is 8.51 Å². The van der Waals surface area contributed by atoms with Crippen molar-refractivity contribution in [2.75, 3.05) is 0 Å². The SMILES string of the molecule is CC(NI)c1cc2cc(Cl)ccc2[nH]c1=O.Cl. The predicted octanol–water partition coefficient (Wildman–Crippen LogP) is 3.60. The van der Waals surface area contributed by atoms with Crippen LogP contribution in [-0.4, -0.2) is 4.98 Å². The van der Waals surface area contributed by atoms with Gasteiger partial charge in [-0.1, -0.05) is 11.6 Å². The molecule has 2 aromatic rings. The lowest BCUT2D eigenvalue weighted by molar-refractivity contribution is 0.766. The average Bonchev–Trinajstić information content (AvgIpc) is 2.28. The monoisotopic (exact) mass is 384 g/mol. The highest BCUT2D eigenvalue weighted by molar-refractivity contribution is 14.1. The Bertz CT molecular complexity index is 585. The van der Waals surface area contributed by atoms with Crippen molar-refractivity contribution in [1.82, 2.24) is 8.51 Å². The Kier molecular flexibility index (Phi) is 5.24. The molecule has 1 heterocycles. The molecule has 0 aliphatic rings. The smallest absolute Gasteiger partial charge is 0.253 e. The molecular formula is C11H11Cl2IN2O. The zero-order valence-electron chi connectivity index (χ0n) is 8.96. The van der Waals surface area contributed by atoms with Crippen LogP contribution in [0.3, 0.4) is 0 Å². The molecule has 92 valence electrons. The third kappa shape index (κ3) is 3.13. The molecule has 6 heteroatoms. The van der Waals surface area contributed by atoms with Crippen LogP contribution >= 0.6 is 46.9 Å². The molecule has 1 unspecified atom stereocenters. The molecule has 0 bridgehead atoms. The van der Waals surface area contributed by atoms with Crippen molar-refractivity contribution in [3.8, 4) is 0 Å². The van der Waals surface area contributed by atoms with Crippen molar-refractivity contribution in [3.05, 3.63) is 45.2 Å². The molecule has 1 aromatic carbocycles. The maximum Gasteiger partial charge on any atom is 0.253 e. The first-order chi connectivity index (χ1) is 7.61. The summed E-state index contributed by atoms with van der Waals surface area (Å²) in [5, 5.41) is 1.61. The normalized spacial score (nSPS) is 12.2. The van der Waals surface area contributed by atoms with E-state index in [4.69, 9.17) is 11.6 Å². The zero-order chi connectivity index (χ0) is 11.7. The summed E-state index contributed by atoms with van der Waals surface area (Å²) >= 11 is 7.95. The molecule has 2 N–H and O–H groups in total. The van der Waals surface area contributed by atoms with Crippen molar-refractivity contribution in [3.63, 3.8) is 0 Å². The van der Waals surface area contributed by atoms with Gasteiger partial charge in [-0.3, -0.25) is 8.32 Å². The van der Waals surface area contributed by atoms with E-state index in [1.54, 1.807) is 6.07 Å². The fourth-order valence-corrected chi connectivity index (χ4v) is 2.09. The third-order valence-corrected chi connectivity index (χ3v) is 3.63. The van der Waals surface area contributed by atoms with E-state index in [0.717, 1.165) is 10.9 Å². The van der Waals surface area contributed by atoms with Crippen LogP contribution < -0.4 is 9.09 Å². The zero-order valence-corrected chi connectivity index (χ0v) is 12.7. The lowest BCUT2D eigenvalue weighted by Crippen LogP contribution is -2.19. The number of halogens is 3. The van der Waals surface area contributed by atoms with Gasteiger partial charge in [0, 0.05) is 50.4 Å². The molecule has 0 aliphatic carbocycles. The van der Waals surface area contributed by atoms with E-state index in [0.29, 0.717) is 10.6 Å². The molecule has 0 fully saturated rings. The van der Waals surface area contributed by atoms with Gasteiger partial charge in [0.15, 0.2) is 0 Å². The minimum Gasteiger partial charge on any atom is -0.322 e. The van der Waals surface area contributed by atoms with Crippen LogP contribution in [0.25, 0.3) is 10.9 Å². The number of H-pyrrole nitrogens is 1. The van der Waals surface area contributed by atoms with Gasteiger partial charge < -0.3 is 4.98 Å². The lowest BCUT2D eigenvalue weighted by atomic mass is 10.1. The van der Waals surface area contributed by atoms with E-state index in [9.17, 15) is 4.79 Å². The van der Waals surface area contributed by atoms with E-state index >= 15 is 0 Å². The second kappa shape index (κ2) is 6.04. The Labute approximate surface area is 124 Å². The first-order valence-electron chi connectivity index (χ1n) is 4.80. The Balaban J connectivity index is 0.00000144. The first kappa shape index (κ1) is 14.8. The first-order valence-corrected chi connectivity index (χ1v) is 6.26. The van der Waals surface area contributed by atoms with Crippen LogP contribution in [0.1, 0.15) is 18.5 Å². The summed E-state index contributed by atoms with van der Waals surface area (Å²) in [5.74, 6) is 0. The summed E-state index contributed by atoms with van der Waals surface area (Å²) in [4.78, 5) is 14.6. The standard InChI is InChI=1S/C11H10ClIN2O.ClH/c1-6(15-13)9-5-7-4-8(12)2-3-10(7)14-11(9)16;/h2-6,15H,1H3,(H,14,16);1H. The van der Waals surface area contributed by atoms with Gasteiger partial charge in [-0.15, -0.1) is 12.4 Å². The number of aromatic amines is 1. The van der Waals surface area contributed by atoms with E-state index in [1.807, 2.05) is 48.0 Å². The van der Waals surface area contributed by atoms with Gasteiger partial charge in [0.2, 0.25) is 0 Å². The average molecular weight is 385 g/mol. The number of hydrogen-bond acceptors (Lipinski definition) is 2. The number of benzene rings is 1. The highest BCUT2D eigenvalue weighted by Crippen LogP contribution is 2.19. The summed E-state index contributed by atoms with van der Waals surface area (Å²) in [5.41, 5.74) is 1.45. The number of aromatic nitrogens is 1. The number of pyridine rings is 1. The molecule has 0 spiro atoms. The minimum absolute atomic E-state index is 0. The van der Waals surface area contributed by atoms with Crippen molar-refractivity contribution >= 4 is 57.8 Å². The van der Waals surface area contributed by atoms with Crippen LogP contribution in [-0.2, 0) is 0 Å². The van der Waals surface area contributed by atoms with Crippen molar-refractivity contribution in [2.45, 2.75) is 13.0 Å². The minimum atomic E-state index is -0.0634. The molecule has 1 atom stereocenters. The molecule has 0 radical (unpaired) electrons. The van der Waals surface area contributed by atoms with Crippen LogP contribution in [0.2, 0.25) is 5.02 Å². The van der Waals surface area contributed by atoms with Gasteiger partial charge in [0.1, 0.15) is 0 Å². The van der Waals surface area contributed by atoms with Crippen LogP contribution in [0.15, 0.2) is 29.1 Å². The third-order valence-electron chi connectivity index (χ3n) is 2.47. The molecule has 0 saturated heterocycles. The molecule has 0 aliphatic heterocycles. The predicted molar refractivity (Wildman–Crippen MR) is 82.4 cm³/mol. The fourth-order valence-electron chi connectivity index (χ4n) is 1.57. The number of nitrogens with one attached hydrogen (secondary N) is 2. The van der Waals surface area contributed by atoms with Gasteiger partial charge in [-0.2, -0.15) is 0 Å². The molecule has 17 heavy (non-hydrogen) atoms. The molecule has 0 amide bonds. The quantitative estimate of drug-likeness (QED) is 0.613. The van der Waals surface area contributed by atoms with Gasteiger partial charge in [-0.05, 0) is 31.2 Å². The van der Waals surface area contributed by atoms with Gasteiger partial charge in [0.05, 0.1) is 0 Å². The molecule has 2 rings (SSSR count). The van der Waals surface area contributed by atoms with E-state index in [1.165, 1.54) is 0 Å². The maximum absolute atomic E-state index is 11.8. The van der Waals surface area contributed by atoms with Crippen LogP contribution in [0.5, 0.6) is 0 Å². The highest BCUT2D eigenvalue weighted by Gasteiger charge is 2.09. The summed E-state index contributed by atoms with van der Waals surface area (Å²) < 4.78 is 3.02.